The van der Waals surface area contributed by atoms with Gasteiger partial charge in [-0.1, -0.05) is 17.7 Å². The first-order chi connectivity index (χ1) is 12.5. The number of benzene rings is 1. The van der Waals surface area contributed by atoms with Crippen molar-refractivity contribution < 1.29 is 60.0 Å². The van der Waals surface area contributed by atoms with Gasteiger partial charge in [0.05, 0.1) is 17.0 Å². The van der Waals surface area contributed by atoms with E-state index in [2.05, 4.69) is 8.68 Å². The van der Waals surface area contributed by atoms with E-state index in [9.17, 15) is 26.2 Å². The van der Waals surface area contributed by atoms with Crippen molar-refractivity contribution in [1.29, 1.82) is 0 Å². The minimum absolute atomic E-state index is 0. The molecule has 2 aliphatic heterocycles. The zero-order valence-corrected chi connectivity index (χ0v) is 18.8. The first kappa shape index (κ1) is 23.1. The number of urea groups is 1. The molecule has 14 heteroatoms. The Bertz CT molecular complexity index is 995. The van der Waals surface area contributed by atoms with E-state index in [1.807, 2.05) is 0 Å². The van der Waals surface area contributed by atoms with Crippen molar-refractivity contribution in [1.82, 2.24) is 9.96 Å². The van der Waals surface area contributed by atoms with Crippen LogP contribution in [0.25, 0.3) is 0 Å². The number of carbonyl (C=O) groups excluding carboxylic acids is 1. The topological polar surface area (TPSA) is 162 Å². The van der Waals surface area contributed by atoms with Crippen LogP contribution >= 0.6 is 0 Å². The summed E-state index contributed by atoms with van der Waals surface area (Å²) in [7, 11) is -9.18. The van der Waals surface area contributed by atoms with Crippen molar-refractivity contribution in [3.05, 3.63) is 29.8 Å². The van der Waals surface area contributed by atoms with Gasteiger partial charge in [0.1, 0.15) is 5.84 Å². The van der Waals surface area contributed by atoms with Crippen LogP contribution in [0.2, 0.25) is 0 Å². The molecule has 1 aromatic carbocycles. The normalized spacial score (nSPS) is 22.9. The quantitative estimate of drug-likeness (QED) is 0.164. The van der Waals surface area contributed by atoms with Gasteiger partial charge >= 0.3 is 35.6 Å². The van der Waals surface area contributed by atoms with Crippen LogP contribution in [0.3, 0.4) is 0 Å². The second-order valence-corrected chi connectivity index (χ2v) is 8.86. The van der Waals surface area contributed by atoms with Crippen molar-refractivity contribution in [3.63, 3.8) is 0 Å². The molecule has 2 aliphatic rings. The molecule has 2 saturated heterocycles. The van der Waals surface area contributed by atoms with Crippen LogP contribution in [0, 0.1) is 6.92 Å². The van der Waals surface area contributed by atoms with E-state index in [4.69, 9.17) is 5.73 Å². The second-order valence-electron chi connectivity index (χ2n) is 6.29. The minimum atomic E-state index is -5.11. The summed E-state index contributed by atoms with van der Waals surface area (Å²) in [4.78, 5) is 13.4. The summed E-state index contributed by atoms with van der Waals surface area (Å²) in [5, 5.41) is 0.490. The van der Waals surface area contributed by atoms with Gasteiger partial charge in [-0.05, 0) is 31.9 Å². The van der Waals surface area contributed by atoms with E-state index < -0.39 is 38.5 Å². The van der Waals surface area contributed by atoms with Crippen LogP contribution in [0.1, 0.15) is 18.4 Å². The molecule has 28 heavy (non-hydrogen) atoms. The van der Waals surface area contributed by atoms with Gasteiger partial charge in [0.25, 0.3) is 10.0 Å². The Hall–Kier alpha value is -1.22. The van der Waals surface area contributed by atoms with Gasteiger partial charge in [0.15, 0.2) is 0 Å². The van der Waals surface area contributed by atoms with Crippen LogP contribution in [-0.2, 0) is 24.7 Å². The van der Waals surface area contributed by atoms with E-state index in [-0.39, 0.29) is 59.7 Å². The van der Waals surface area contributed by atoms with E-state index >= 15 is 0 Å². The number of sulfonamides is 1. The van der Waals surface area contributed by atoms with Gasteiger partial charge in [-0.3, -0.25) is 0 Å². The molecule has 0 spiro atoms. The molecule has 2 bridgehead atoms. The summed E-state index contributed by atoms with van der Waals surface area (Å²) in [6.45, 7) is 1.85. The fraction of sp³-hybridized carbons (Fsp3) is 0.429. The summed E-state index contributed by atoms with van der Waals surface area (Å²) >= 11 is 0. The van der Waals surface area contributed by atoms with Gasteiger partial charge in [0.2, 0.25) is 10.4 Å². The molecule has 1 aromatic rings. The largest absolute Gasteiger partial charge is 1.00 e. The molecule has 11 nitrogen and oxygen atoms in total. The van der Waals surface area contributed by atoms with Crippen molar-refractivity contribution in [3.8, 4) is 0 Å². The maximum Gasteiger partial charge on any atom is 1.00 e. The molecule has 0 aromatic heterocycles. The van der Waals surface area contributed by atoms with Gasteiger partial charge in [0, 0.05) is 6.54 Å². The monoisotopic (exact) mass is 440 g/mol. The van der Waals surface area contributed by atoms with E-state index in [0.717, 1.165) is 10.5 Å². The van der Waals surface area contributed by atoms with Crippen LogP contribution in [0.4, 0.5) is 4.79 Å². The summed E-state index contributed by atoms with van der Waals surface area (Å²) in [6.07, 6.45) is 0.511. The molecule has 0 aliphatic carbocycles. The van der Waals surface area contributed by atoms with E-state index in [1.165, 1.54) is 12.1 Å². The number of hydroxylamine groups is 2. The maximum absolute atomic E-state index is 12.4. The average Bonchev–Trinajstić information content (AvgIpc) is 2.78. The molecular formula is C14H17N4NaO7S2. The SMILES string of the molecule is Cc1ccc(S(=O)(=O)/N=C(\N)C2CC[C@@H]3CN2C(=O)N3OS(=O)(=O)[O-])cc1.[Na+]. The van der Waals surface area contributed by atoms with Gasteiger partial charge in [-0.25, -0.2) is 13.2 Å². The molecule has 2 N–H and O–H groups in total. The van der Waals surface area contributed by atoms with E-state index in [1.54, 1.807) is 19.1 Å². The average molecular weight is 440 g/mol. The smallest absolute Gasteiger partial charge is 0.724 e. The molecule has 2 atom stereocenters. The molecule has 1 unspecified atom stereocenters. The Kier molecular flexibility index (Phi) is 6.80. The molecule has 3 rings (SSSR count). The summed E-state index contributed by atoms with van der Waals surface area (Å²) in [5.74, 6) is -0.297. The number of aryl methyl sites for hydroxylation is 1. The Morgan fingerprint density at radius 2 is 1.82 bits per heavy atom. The zero-order valence-electron chi connectivity index (χ0n) is 15.2. The van der Waals surface area contributed by atoms with Crippen LogP contribution in [-0.4, -0.2) is 61.8 Å². The third-order valence-corrected chi connectivity index (χ3v) is 6.04. The third-order valence-electron chi connectivity index (χ3n) is 4.38. The fourth-order valence-electron chi connectivity index (χ4n) is 3.10. The Morgan fingerprint density at radius 3 is 2.39 bits per heavy atom. The van der Waals surface area contributed by atoms with Crippen molar-refractivity contribution in [2.45, 2.75) is 36.7 Å². The first-order valence-electron chi connectivity index (χ1n) is 7.90. The van der Waals surface area contributed by atoms with Crippen LogP contribution < -0.4 is 35.3 Å². The number of nitrogens with zero attached hydrogens (tertiary/aromatic N) is 3. The number of hydrogen-bond donors (Lipinski definition) is 1. The third kappa shape index (κ3) is 4.84. The van der Waals surface area contributed by atoms with Crippen molar-refractivity contribution >= 4 is 32.3 Å². The van der Waals surface area contributed by atoms with Gasteiger partial charge in [-0.15, -0.1) is 4.40 Å². The maximum atomic E-state index is 12.4. The molecule has 2 amide bonds. The summed E-state index contributed by atoms with van der Waals surface area (Å²) in [6, 6.07) is 3.66. The minimum Gasteiger partial charge on any atom is -0.724 e. The number of carbonyl (C=O) groups is 1. The van der Waals surface area contributed by atoms with Crippen molar-refractivity contribution in [2.24, 2.45) is 10.1 Å². The number of nitrogens with two attached hydrogens (primary N) is 1. The van der Waals surface area contributed by atoms with Gasteiger partial charge in [-0.2, -0.15) is 17.8 Å². The molecule has 2 fully saturated rings. The second kappa shape index (κ2) is 8.26. The zero-order chi connectivity index (χ0) is 20.0. The van der Waals surface area contributed by atoms with Crippen molar-refractivity contribution in [2.75, 3.05) is 6.54 Å². The fourth-order valence-corrected chi connectivity index (χ4v) is 4.47. The predicted molar refractivity (Wildman–Crippen MR) is 91.5 cm³/mol. The van der Waals surface area contributed by atoms with Crippen LogP contribution in [0.5, 0.6) is 0 Å². The number of piperidine rings is 1. The molecule has 2 heterocycles. The number of amides is 2. The van der Waals surface area contributed by atoms with Crippen LogP contribution in [0.15, 0.2) is 33.6 Å². The molecular weight excluding hydrogens is 423 g/mol. The Morgan fingerprint density at radius 1 is 1.21 bits per heavy atom. The van der Waals surface area contributed by atoms with E-state index in [0.29, 0.717) is 5.06 Å². The Labute approximate surface area is 184 Å². The first-order valence-corrected chi connectivity index (χ1v) is 10.7. The van der Waals surface area contributed by atoms with Gasteiger partial charge < -0.3 is 15.2 Å². The number of amidine groups is 1. The standard InChI is InChI=1S/C14H18N4O7S2.Na/c1-9-2-5-11(6-3-9)26(20,21)16-13(15)12-7-4-10-8-17(12)14(19)18(10)25-27(22,23)24;/h2-3,5-6,10,12H,4,7-8H2,1H3,(H2,15,16)(H,22,23,24);/q;+1/p-1/t10-,12?;/m1./s1. The molecule has 0 radical (unpaired) electrons. The number of fused-ring (bicyclic) bond motifs is 2. The Balaban J connectivity index is 0.00000280. The molecule has 0 saturated carbocycles. The summed E-state index contributed by atoms with van der Waals surface area (Å²) in [5.41, 5.74) is 6.73. The summed E-state index contributed by atoms with van der Waals surface area (Å²) < 4.78 is 65.0. The number of rotatable bonds is 5. The predicted octanol–water partition coefficient (Wildman–Crippen LogP) is -3.29. The number of hydrogen-bond acceptors (Lipinski definition) is 7. The molecule has 148 valence electrons.